The molecule has 6 nitrogen and oxygen atoms in total. The van der Waals surface area contributed by atoms with E-state index >= 15 is 0 Å². The van der Waals surface area contributed by atoms with Gasteiger partial charge in [-0.1, -0.05) is 34.3 Å². The van der Waals surface area contributed by atoms with Gasteiger partial charge in [-0.05, 0) is 30.3 Å². The highest BCUT2D eigenvalue weighted by Gasteiger charge is 2.25. The highest BCUT2D eigenvalue weighted by atomic mass is 35.5. The van der Waals surface area contributed by atoms with Crippen molar-refractivity contribution in [2.75, 3.05) is 19.5 Å². The predicted octanol–water partition coefficient (Wildman–Crippen LogP) is 2.77. The number of hydrogen-bond donors (Lipinski definition) is 1. The number of hydroxylamine groups is 1. The van der Waals surface area contributed by atoms with Crippen LogP contribution < -0.4 is 5.32 Å². The quantitative estimate of drug-likeness (QED) is 0.838. The molecule has 0 fully saturated rings. The molecule has 122 valence electrons. The molecule has 0 aliphatic rings. The Morgan fingerprint density at radius 1 is 1.17 bits per heavy atom. The zero-order valence-corrected chi connectivity index (χ0v) is 14.1. The van der Waals surface area contributed by atoms with Crippen molar-refractivity contribution < 1.29 is 18.0 Å². The van der Waals surface area contributed by atoms with Crippen LogP contribution in [0.5, 0.6) is 0 Å². The molecule has 1 amide bonds. The van der Waals surface area contributed by atoms with Crippen molar-refractivity contribution in [1.82, 2.24) is 4.47 Å². The van der Waals surface area contributed by atoms with Crippen LogP contribution in [0.2, 0.25) is 5.02 Å². The van der Waals surface area contributed by atoms with E-state index in [9.17, 15) is 13.2 Å². The van der Waals surface area contributed by atoms with Crippen LogP contribution in [0.15, 0.2) is 53.4 Å². The number of halogens is 1. The van der Waals surface area contributed by atoms with Crippen LogP contribution in [0.1, 0.15) is 10.4 Å². The molecule has 2 aromatic carbocycles. The van der Waals surface area contributed by atoms with Gasteiger partial charge in [-0.25, -0.2) is 8.42 Å². The molecule has 0 atom stereocenters. The van der Waals surface area contributed by atoms with Crippen LogP contribution in [0.25, 0.3) is 0 Å². The molecule has 0 aliphatic carbocycles. The zero-order chi connectivity index (χ0) is 17.0. The molecule has 0 bridgehead atoms. The Bertz CT molecular complexity index is 809. The second kappa shape index (κ2) is 7.10. The van der Waals surface area contributed by atoms with Crippen LogP contribution in [-0.4, -0.2) is 33.0 Å². The lowest BCUT2D eigenvalue weighted by atomic mass is 10.2. The minimum Gasteiger partial charge on any atom is -0.322 e. The molecule has 23 heavy (non-hydrogen) atoms. The van der Waals surface area contributed by atoms with E-state index in [1.807, 2.05) is 6.07 Å². The van der Waals surface area contributed by atoms with Gasteiger partial charge in [0, 0.05) is 18.3 Å². The van der Waals surface area contributed by atoms with Gasteiger partial charge < -0.3 is 5.32 Å². The number of carbonyl (C=O) groups excluding carboxylic acids is 1. The molecule has 0 saturated heterocycles. The fourth-order valence-corrected chi connectivity index (χ4v) is 3.28. The minimum atomic E-state index is -3.95. The number of nitrogens with one attached hydrogen (secondary N) is 1. The van der Waals surface area contributed by atoms with Crippen molar-refractivity contribution in [2.45, 2.75) is 4.90 Å². The van der Waals surface area contributed by atoms with E-state index in [2.05, 4.69) is 5.32 Å². The smallest absolute Gasteiger partial charge is 0.266 e. The number of anilines is 1. The van der Waals surface area contributed by atoms with Crippen molar-refractivity contribution in [3.63, 3.8) is 0 Å². The lowest BCUT2D eigenvalue weighted by Gasteiger charge is -2.15. The van der Waals surface area contributed by atoms with Gasteiger partial charge in [-0.2, -0.15) is 0 Å². The Morgan fingerprint density at radius 2 is 1.83 bits per heavy atom. The third kappa shape index (κ3) is 3.89. The molecule has 0 heterocycles. The maximum absolute atomic E-state index is 12.3. The Hall–Kier alpha value is -1.93. The summed E-state index contributed by atoms with van der Waals surface area (Å²) in [4.78, 5) is 16.8. The second-order valence-corrected chi connectivity index (χ2v) is 6.87. The molecule has 0 aliphatic heterocycles. The van der Waals surface area contributed by atoms with Crippen LogP contribution >= 0.6 is 11.6 Å². The van der Waals surface area contributed by atoms with Gasteiger partial charge in [0.05, 0.1) is 12.1 Å². The average molecular weight is 355 g/mol. The zero-order valence-electron chi connectivity index (χ0n) is 12.5. The van der Waals surface area contributed by atoms with E-state index in [1.165, 1.54) is 32.4 Å². The van der Waals surface area contributed by atoms with Crippen molar-refractivity contribution in [2.24, 2.45) is 0 Å². The number of nitrogens with zero attached hydrogens (tertiary/aromatic N) is 1. The monoisotopic (exact) mass is 354 g/mol. The maximum Gasteiger partial charge on any atom is 0.266 e. The standard InChI is InChI=1S/C15H15ClN2O4S/c1-18(22-2)23(20,21)14-10-11(8-9-13(14)16)15(19)17-12-6-4-3-5-7-12/h3-10H,1-2H3,(H,17,19). The molecule has 8 heteroatoms. The number of amides is 1. The summed E-state index contributed by atoms with van der Waals surface area (Å²) in [5, 5.41) is 2.68. The summed E-state index contributed by atoms with van der Waals surface area (Å²) in [5.74, 6) is -0.440. The van der Waals surface area contributed by atoms with Crippen LogP contribution in [0.3, 0.4) is 0 Å². The van der Waals surface area contributed by atoms with Crippen LogP contribution in [0.4, 0.5) is 5.69 Å². The fourth-order valence-electron chi connectivity index (χ4n) is 1.80. The van der Waals surface area contributed by atoms with Gasteiger partial charge in [-0.15, -0.1) is 0 Å². The van der Waals surface area contributed by atoms with Gasteiger partial charge >= 0.3 is 0 Å². The summed E-state index contributed by atoms with van der Waals surface area (Å²) in [6.45, 7) is 0. The van der Waals surface area contributed by atoms with Crippen LogP contribution in [0, 0.1) is 0 Å². The molecule has 0 saturated carbocycles. The summed E-state index contributed by atoms with van der Waals surface area (Å²) in [7, 11) is -1.49. The lowest BCUT2D eigenvalue weighted by Crippen LogP contribution is -2.26. The van der Waals surface area contributed by atoms with Crippen molar-refractivity contribution >= 4 is 33.2 Å². The molecule has 0 spiro atoms. The number of carbonyl (C=O) groups is 1. The van der Waals surface area contributed by atoms with Gasteiger partial charge in [0.25, 0.3) is 15.9 Å². The largest absolute Gasteiger partial charge is 0.322 e. The molecule has 0 unspecified atom stereocenters. The highest BCUT2D eigenvalue weighted by molar-refractivity contribution is 7.89. The Morgan fingerprint density at radius 3 is 2.43 bits per heavy atom. The number of para-hydroxylation sites is 1. The highest BCUT2D eigenvalue weighted by Crippen LogP contribution is 2.25. The molecule has 1 N–H and O–H groups in total. The lowest BCUT2D eigenvalue weighted by molar-refractivity contribution is -0.0258. The number of sulfonamides is 1. The Balaban J connectivity index is 2.35. The number of benzene rings is 2. The van der Waals surface area contributed by atoms with E-state index < -0.39 is 15.9 Å². The summed E-state index contributed by atoms with van der Waals surface area (Å²) in [6.07, 6.45) is 0. The van der Waals surface area contributed by atoms with Crippen molar-refractivity contribution in [3.8, 4) is 0 Å². The minimum absolute atomic E-state index is 0.00478. The predicted molar refractivity (Wildman–Crippen MR) is 87.8 cm³/mol. The number of hydrogen-bond acceptors (Lipinski definition) is 4. The topological polar surface area (TPSA) is 75.7 Å². The molecular weight excluding hydrogens is 340 g/mol. The number of rotatable bonds is 5. The third-order valence-electron chi connectivity index (χ3n) is 3.10. The first-order chi connectivity index (χ1) is 10.9. The van der Waals surface area contributed by atoms with Crippen molar-refractivity contribution in [3.05, 3.63) is 59.1 Å². The average Bonchev–Trinajstić information content (AvgIpc) is 2.55. The molecule has 0 radical (unpaired) electrons. The summed E-state index contributed by atoms with van der Waals surface area (Å²) < 4.78 is 25.3. The summed E-state index contributed by atoms with van der Waals surface area (Å²) in [5.41, 5.74) is 0.771. The van der Waals surface area contributed by atoms with Crippen LogP contribution in [-0.2, 0) is 14.9 Å². The fraction of sp³-hybridized carbons (Fsp3) is 0.133. The molecular formula is C15H15ClN2O4S. The summed E-state index contributed by atoms with van der Waals surface area (Å²) in [6, 6.07) is 12.9. The molecule has 2 rings (SSSR count). The van der Waals surface area contributed by atoms with E-state index in [4.69, 9.17) is 16.4 Å². The van der Waals surface area contributed by atoms with E-state index in [-0.39, 0.29) is 15.5 Å². The first kappa shape index (κ1) is 17.4. The third-order valence-corrected chi connectivity index (χ3v) is 5.26. The van der Waals surface area contributed by atoms with Crippen molar-refractivity contribution in [1.29, 1.82) is 0 Å². The van der Waals surface area contributed by atoms with E-state index in [0.29, 0.717) is 10.2 Å². The first-order valence-electron chi connectivity index (χ1n) is 6.55. The van der Waals surface area contributed by atoms with Gasteiger partial charge in [0.1, 0.15) is 4.90 Å². The Kier molecular flexibility index (Phi) is 5.38. The molecule has 0 aromatic heterocycles. The SMILES string of the molecule is CON(C)S(=O)(=O)c1cc(C(=O)Nc2ccccc2)ccc1Cl. The van der Waals surface area contributed by atoms with Gasteiger partial charge in [0.15, 0.2) is 0 Å². The maximum atomic E-state index is 12.3. The normalized spacial score (nSPS) is 11.5. The van der Waals surface area contributed by atoms with E-state index in [1.54, 1.807) is 24.3 Å². The summed E-state index contributed by atoms with van der Waals surface area (Å²) >= 11 is 5.95. The van der Waals surface area contributed by atoms with E-state index in [0.717, 1.165) is 0 Å². The second-order valence-electron chi connectivity index (χ2n) is 4.56. The Labute approximate surface area is 139 Å². The first-order valence-corrected chi connectivity index (χ1v) is 8.37. The van der Waals surface area contributed by atoms with Gasteiger partial charge in [-0.3, -0.25) is 9.63 Å². The van der Waals surface area contributed by atoms with Gasteiger partial charge in [0.2, 0.25) is 0 Å². The molecule has 2 aromatic rings.